The molecule has 5 heteroatoms. The predicted molar refractivity (Wildman–Crippen MR) is 125 cm³/mol. The lowest BCUT2D eigenvalue weighted by Gasteiger charge is -2.30. The van der Waals surface area contributed by atoms with Crippen LogP contribution in [0.2, 0.25) is 0 Å². The minimum atomic E-state index is -0.236. The average Bonchev–Trinajstić information content (AvgIpc) is 2.79. The lowest BCUT2D eigenvalue weighted by atomic mass is 9.98. The summed E-state index contributed by atoms with van der Waals surface area (Å²) in [5.74, 6) is 1.05. The van der Waals surface area contributed by atoms with Gasteiger partial charge in [0.15, 0.2) is 0 Å². The first-order chi connectivity index (χ1) is 15.1. The molecule has 0 unspecified atom stereocenters. The van der Waals surface area contributed by atoms with Crippen molar-refractivity contribution in [1.82, 2.24) is 4.90 Å². The Hall–Kier alpha value is -2.82. The predicted octanol–water partition coefficient (Wildman–Crippen LogP) is 5.77. The number of carbonyl (C=O) groups excluding carboxylic acids is 2. The number of para-hydroxylation sites is 1. The molecule has 2 aromatic rings. The van der Waals surface area contributed by atoms with Gasteiger partial charge in [0, 0.05) is 24.3 Å². The van der Waals surface area contributed by atoms with Gasteiger partial charge in [-0.25, -0.2) is 0 Å². The number of nitrogens with zero attached hydrogens (tertiary/aromatic N) is 1. The van der Waals surface area contributed by atoms with Crippen molar-refractivity contribution in [2.45, 2.75) is 52.4 Å². The van der Waals surface area contributed by atoms with Gasteiger partial charge in [-0.2, -0.15) is 0 Å². The Balaban J connectivity index is 1.63. The second-order valence-electron chi connectivity index (χ2n) is 8.41. The van der Waals surface area contributed by atoms with Gasteiger partial charge in [0.2, 0.25) is 0 Å². The Labute approximate surface area is 185 Å². The summed E-state index contributed by atoms with van der Waals surface area (Å²) in [6, 6.07) is 14.5. The number of benzene rings is 2. The Bertz CT molecular complexity index is 872. The largest absolute Gasteiger partial charge is 0.493 e. The number of rotatable bonds is 9. The molecule has 1 saturated heterocycles. The molecular formula is C26H34N2O3. The van der Waals surface area contributed by atoms with Crippen molar-refractivity contribution in [1.29, 1.82) is 0 Å². The maximum atomic E-state index is 12.9. The Kier molecular flexibility index (Phi) is 8.51. The Morgan fingerprint density at radius 3 is 2.58 bits per heavy atom. The van der Waals surface area contributed by atoms with E-state index in [-0.39, 0.29) is 11.8 Å². The van der Waals surface area contributed by atoms with E-state index >= 15 is 0 Å². The van der Waals surface area contributed by atoms with Crippen LogP contribution in [-0.4, -0.2) is 36.4 Å². The van der Waals surface area contributed by atoms with Crippen molar-refractivity contribution >= 4 is 17.5 Å². The monoisotopic (exact) mass is 422 g/mol. The van der Waals surface area contributed by atoms with Crippen molar-refractivity contribution in [2.24, 2.45) is 5.92 Å². The number of carbonyl (C=O) groups is 2. The molecular weight excluding hydrogens is 388 g/mol. The van der Waals surface area contributed by atoms with E-state index in [0.29, 0.717) is 35.1 Å². The molecule has 0 radical (unpaired) electrons. The SMILES string of the molecule is CCCCCCOc1ccccc1C(=O)Nc1cccc(C(=O)N2CCC(C)CC2)c1. The highest BCUT2D eigenvalue weighted by Crippen LogP contribution is 2.22. The fourth-order valence-electron chi connectivity index (χ4n) is 3.81. The summed E-state index contributed by atoms with van der Waals surface area (Å²) in [4.78, 5) is 27.7. The first-order valence-corrected chi connectivity index (χ1v) is 11.5. The molecule has 2 amide bonds. The lowest BCUT2D eigenvalue weighted by Crippen LogP contribution is -2.37. The number of hydrogen-bond acceptors (Lipinski definition) is 3. The van der Waals surface area contributed by atoms with E-state index < -0.39 is 0 Å². The highest BCUT2D eigenvalue weighted by molar-refractivity contribution is 6.06. The lowest BCUT2D eigenvalue weighted by molar-refractivity contribution is 0.0697. The van der Waals surface area contributed by atoms with Crippen LogP contribution < -0.4 is 10.1 Å². The molecule has 0 aromatic heterocycles. The van der Waals surface area contributed by atoms with Crippen molar-refractivity contribution in [3.05, 3.63) is 59.7 Å². The van der Waals surface area contributed by atoms with Crippen LogP contribution in [0.15, 0.2) is 48.5 Å². The molecule has 1 aliphatic heterocycles. The summed E-state index contributed by atoms with van der Waals surface area (Å²) in [5, 5.41) is 2.92. The number of anilines is 1. The van der Waals surface area contributed by atoms with Crippen molar-refractivity contribution < 1.29 is 14.3 Å². The molecule has 0 spiro atoms. The highest BCUT2D eigenvalue weighted by Gasteiger charge is 2.22. The minimum Gasteiger partial charge on any atom is -0.493 e. The number of likely N-dealkylation sites (tertiary alicyclic amines) is 1. The normalized spacial score (nSPS) is 14.3. The second-order valence-corrected chi connectivity index (χ2v) is 8.41. The van der Waals surface area contributed by atoms with Gasteiger partial charge < -0.3 is 15.0 Å². The van der Waals surface area contributed by atoms with Crippen molar-refractivity contribution in [3.8, 4) is 5.75 Å². The first kappa shape index (κ1) is 22.9. The van der Waals surface area contributed by atoms with Gasteiger partial charge in [0.05, 0.1) is 12.2 Å². The van der Waals surface area contributed by atoms with Gasteiger partial charge in [-0.1, -0.05) is 51.3 Å². The number of ether oxygens (including phenoxy) is 1. The fourth-order valence-corrected chi connectivity index (χ4v) is 3.81. The number of piperidine rings is 1. The molecule has 0 atom stereocenters. The topological polar surface area (TPSA) is 58.6 Å². The molecule has 166 valence electrons. The quantitative estimate of drug-likeness (QED) is 0.522. The minimum absolute atomic E-state index is 0.0267. The van der Waals surface area contributed by atoms with E-state index in [1.54, 1.807) is 18.2 Å². The van der Waals surface area contributed by atoms with E-state index in [9.17, 15) is 9.59 Å². The van der Waals surface area contributed by atoms with E-state index in [4.69, 9.17) is 4.74 Å². The van der Waals surface area contributed by atoms with Crippen LogP contribution in [-0.2, 0) is 0 Å². The van der Waals surface area contributed by atoms with Gasteiger partial charge in [0.1, 0.15) is 5.75 Å². The molecule has 0 bridgehead atoms. The second kappa shape index (κ2) is 11.5. The van der Waals surface area contributed by atoms with Crippen LogP contribution in [0, 0.1) is 5.92 Å². The molecule has 31 heavy (non-hydrogen) atoms. The van der Waals surface area contributed by atoms with E-state index in [1.807, 2.05) is 35.2 Å². The third-order valence-electron chi connectivity index (χ3n) is 5.83. The fraction of sp³-hybridized carbons (Fsp3) is 0.462. The number of nitrogens with one attached hydrogen (secondary N) is 1. The zero-order valence-corrected chi connectivity index (χ0v) is 18.7. The molecule has 1 N–H and O–H groups in total. The molecule has 3 rings (SSSR count). The summed E-state index contributed by atoms with van der Waals surface area (Å²) in [6.45, 7) is 6.59. The maximum Gasteiger partial charge on any atom is 0.259 e. The molecule has 2 aromatic carbocycles. The van der Waals surface area contributed by atoms with E-state index in [2.05, 4.69) is 19.2 Å². The summed E-state index contributed by atoms with van der Waals surface area (Å²) >= 11 is 0. The van der Waals surface area contributed by atoms with Crippen LogP contribution in [0.25, 0.3) is 0 Å². The molecule has 0 saturated carbocycles. The van der Waals surface area contributed by atoms with Crippen LogP contribution in [0.5, 0.6) is 5.75 Å². The van der Waals surface area contributed by atoms with Crippen LogP contribution in [0.3, 0.4) is 0 Å². The van der Waals surface area contributed by atoms with Crippen LogP contribution in [0.1, 0.15) is 73.1 Å². The van der Waals surface area contributed by atoms with Gasteiger partial charge in [-0.15, -0.1) is 0 Å². The van der Waals surface area contributed by atoms with Crippen LogP contribution in [0.4, 0.5) is 5.69 Å². The number of hydrogen-bond donors (Lipinski definition) is 1. The molecule has 0 aliphatic carbocycles. The molecule has 1 aliphatic rings. The number of amides is 2. The average molecular weight is 423 g/mol. The van der Waals surface area contributed by atoms with Crippen LogP contribution >= 0.6 is 0 Å². The third-order valence-corrected chi connectivity index (χ3v) is 5.83. The van der Waals surface area contributed by atoms with Gasteiger partial charge >= 0.3 is 0 Å². The number of unbranched alkanes of at least 4 members (excludes halogenated alkanes) is 3. The molecule has 1 heterocycles. The standard InChI is InChI=1S/C26H34N2O3/c1-3-4-5-8-18-31-24-13-7-6-12-23(24)25(29)27-22-11-9-10-21(19-22)26(30)28-16-14-20(2)15-17-28/h6-7,9-13,19-20H,3-5,8,14-18H2,1-2H3,(H,27,29). The maximum absolute atomic E-state index is 12.9. The summed E-state index contributed by atoms with van der Waals surface area (Å²) in [5.41, 5.74) is 1.71. The zero-order valence-electron chi connectivity index (χ0n) is 18.7. The van der Waals surface area contributed by atoms with Crippen molar-refractivity contribution in [3.63, 3.8) is 0 Å². The van der Waals surface area contributed by atoms with E-state index in [1.165, 1.54) is 12.8 Å². The molecule has 5 nitrogen and oxygen atoms in total. The third kappa shape index (κ3) is 6.58. The first-order valence-electron chi connectivity index (χ1n) is 11.5. The smallest absolute Gasteiger partial charge is 0.259 e. The van der Waals surface area contributed by atoms with Crippen molar-refractivity contribution in [2.75, 3.05) is 25.0 Å². The van der Waals surface area contributed by atoms with Gasteiger partial charge in [0.25, 0.3) is 11.8 Å². The Morgan fingerprint density at radius 1 is 1.03 bits per heavy atom. The Morgan fingerprint density at radius 2 is 1.81 bits per heavy atom. The summed E-state index contributed by atoms with van der Waals surface area (Å²) < 4.78 is 5.87. The highest BCUT2D eigenvalue weighted by atomic mass is 16.5. The molecule has 1 fully saturated rings. The summed E-state index contributed by atoms with van der Waals surface area (Å²) in [6.07, 6.45) is 6.55. The van der Waals surface area contributed by atoms with Gasteiger partial charge in [-0.05, 0) is 55.5 Å². The van der Waals surface area contributed by atoms with Gasteiger partial charge in [-0.3, -0.25) is 9.59 Å². The zero-order chi connectivity index (χ0) is 22.1. The van der Waals surface area contributed by atoms with E-state index in [0.717, 1.165) is 38.8 Å². The summed E-state index contributed by atoms with van der Waals surface area (Å²) in [7, 11) is 0.